The molecule has 1 aromatic carbocycles. The summed E-state index contributed by atoms with van der Waals surface area (Å²) in [6, 6.07) is 7.18. The highest BCUT2D eigenvalue weighted by atomic mass is 16.1. The van der Waals surface area contributed by atoms with Gasteiger partial charge in [-0.2, -0.15) is 0 Å². The molecule has 1 aromatic heterocycles. The topological polar surface area (TPSA) is 32.9 Å². The fourth-order valence-electron chi connectivity index (χ4n) is 1.43. The molecule has 2 nitrogen and oxygen atoms in total. The van der Waals surface area contributed by atoms with Gasteiger partial charge in [0.05, 0.1) is 5.39 Å². The molecule has 0 atom stereocenters. The highest BCUT2D eigenvalue weighted by Crippen LogP contribution is 2.12. The fourth-order valence-corrected chi connectivity index (χ4v) is 1.43. The molecule has 0 saturated heterocycles. The van der Waals surface area contributed by atoms with Crippen LogP contribution in [0.2, 0.25) is 0 Å². The summed E-state index contributed by atoms with van der Waals surface area (Å²) < 4.78 is 0. The summed E-state index contributed by atoms with van der Waals surface area (Å²) in [5.74, 6) is 0. The van der Waals surface area contributed by atoms with Crippen molar-refractivity contribution in [1.82, 2.24) is 4.98 Å². The van der Waals surface area contributed by atoms with E-state index in [1.165, 1.54) is 6.07 Å². The van der Waals surface area contributed by atoms with Crippen LogP contribution in [-0.4, -0.2) is 4.98 Å². The third-order valence-electron chi connectivity index (χ3n) is 2.04. The van der Waals surface area contributed by atoms with Crippen LogP contribution >= 0.6 is 0 Å². The third kappa shape index (κ3) is 1.16. The zero-order valence-corrected chi connectivity index (χ0v) is 7.08. The van der Waals surface area contributed by atoms with Gasteiger partial charge in [0.15, 0.2) is 5.43 Å². The minimum absolute atomic E-state index is 0.0317. The average Bonchev–Trinajstić information content (AvgIpc) is 2.17. The Balaban J connectivity index is 3.03. The number of H-pyrrole nitrogens is 1. The van der Waals surface area contributed by atoms with E-state index in [-0.39, 0.29) is 5.43 Å². The van der Waals surface area contributed by atoms with Crippen LogP contribution < -0.4 is 5.43 Å². The second-order valence-electron chi connectivity index (χ2n) is 2.82. The Bertz CT molecular complexity index is 505. The Hall–Kier alpha value is -1.83. The van der Waals surface area contributed by atoms with Crippen LogP contribution in [0.4, 0.5) is 0 Å². The maximum absolute atomic E-state index is 11.5. The number of nitrogens with one attached hydrogen (secondary N) is 1. The first kappa shape index (κ1) is 7.80. The first-order valence-electron chi connectivity index (χ1n) is 4.06. The molecular weight excluding hydrogens is 162 g/mol. The number of benzene rings is 1. The second kappa shape index (κ2) is 2.90. The molecule has 2 heteroatoms. The number of rotatable bonds is 1. The minimum atomic E-state index is 0.0317. The predicted molar refractivity (Wildman–Crippen MR) is 54.7 cm³/mol. The van der Waals surface area contributed by atoms with E-state index in [0.29, 0.717) is 5.39 Å². The summed E-state index contributed by atoms with van der Waals surface area (Å²) in [6.07, 6.45) is 3.34. The lowest BCUT2D eigenvalue weighted by Gasteiger charge is -1.99. The molecule has 0 aliphatic heterocycles. The molecule has 0 amide bonds. The molecule has 13 heavy (non-hydrogen) atoms. The Morgan fingerprint density at radius 2 is 2.15 bits per heavy atom. The van der Waals surface area contributed by atoms with Gasteiger partial charge in [0.25, 0.3) is 0 Å². The van der Waals surface area contributed by atoms with Gasteiger partial charge in [-0.15, -0.1) is 0 Å². The van der Waals surface area contributed by atoms with Crippen LogP contribution in [0.15, 0.2) is 41.8 Å². The number of hydrogen-bond donors (Lipinski definition) is 1. The van der Waals surface area contributed by atoms with Crippen LogP contribution in [0.1, 0.15) is 5.56 Å². The van der Waals surface area contributed by atoms with E-state index in [9.17, 15) is 4.79 Å². The fraction of sp³-hybridized carbons (Fsp3) is 0. The second-order valence-corrected chi connectivity index (χ2v) is 2.82. The highest BCUT2D eigenvalue weighted by Gasteiger charge is 2.00. The van der Waals surface area contributed by atoms with Crippen LogP contribution in [0.3, 0.4) is 0 Å². The molecule has 0 saturated carbocycles. The van der Waals surface area contributed by atoms with Crippen molar-refractivity contribution >= 4 is 17.0 Å². The van der Waals surface area contributed by atoms with Gasteiger partial charge in [-0.1, -0.05) is 24.8 Å². The lowest BCUT2D eigenvalue weighted by Crippen LogP contribution is -2.01. The number of aromatic amines is 1. The van der Waals surface area contributed by atoms with Crippen molar-refractivity contribution in [3.8, 4) is 0 Å². The lowest BCUT2D eigenvalue weighted by atomic mass is 10.1. The summed E-state index contributed by atoms with van der Waals surface area (Å²) in [4.78, 5) is 14.5. The molecular formula is C11H9NO. The molecule has 0 fully saturated rings. The van der Waals surface area contributed by atoms with Crippen molar-refractivity contribution in [1.29, 1.82) is 0 Å². The summed E-state index contributed by atoms with van der Waals surface area (Å²) in [6.45, 7) is 3.67. The molecule has 0 radical (unpaired) electrons. The lowest BCUT2D eigenvalue weighted by molar-refractivity contribution is 1.39. The third-order valence-corrected chi connectivity index (χ3v) is 2.04. The quantitative estimate of drug-likeness (QED) is 0.700. The van der Waals surface area contributed by atoms with Gasteiger partial charge in [-0.05, 0) is 11.6 Å². The first-order chi connectivity index (χ1) is 6.33. The highest BCUT2D eigenvalue weighted by molar-refractivity contribution is 5.87. The Morgan fingerprint density at radius 3 is 2.92 bits per heavy atom. The van der Waals surface area contributed by atoms with Gasteiger partial charge in [-0.25, -0.2) is 0 Å². The number of pyridine rings is 1. The average molecular weight is 171 g/mol. The smallest absolute Gasteiger partial charge is 0.189 e. The summed E-state index contributed by atoms with van der Waals surface area (Å²) in [7, 11) is 0. The van der Waals surface area contributed by atoms with E-state index in [2.05, 4.69) is 11.6 Å². The molecule has 64 valence electrons. The van der Waals surface area contributed by atoms with Gasteiger partial charge < -0.3 is 4.98 Å². The zero-order valence-electron chi connectivity index (χ0n) is 7.08. The normalized spacial score (nSPS) is 10.2. The van der Waals surface area contributed by atoms with E-state index < -0.39 is 0 Å². The molecule has 1 heterocycles. The maximum atomic E-state index is 11.5. The predicted octanol–water partition coefficient (Wildman–Crippen LogP) is 2.17. The molecule has 0 aliphatic rings. The SMILES string of the molecule is C=Cc1cccc2[nH]ccc(=O)c12. The summed E-state index contributed by atoms with van der Waals surface area (Å²) >= 11 is 0. The number of aromatic nitrogens is 1. The first-order valence-corrected chi connectivity index (χ1v) is 4.06. The van der Waals surface area contributed by atoms with Crippen LogP contribution in [-0.2, 0) is 0 Å². The van der Waals surface area contributed by atoms with E-state index in [1.807, 2.05) is 18.2 Å². The molecule has 2 aromatic rings. The number of fused-ring (bicyclic) bond motifs is 1. The Kier molecular flexibility index (Phi) is 1.74. The number of hydrogen-bond acceptors (Lipinski definition) is 1. The summed E-state index contributed by atoms with van der Waals surface area (Å²) in [5, 5.41) is 0.708. The Labute approximate surface area is 75.5 Å². The maximum Gasteiger partial charge on any atom is 0.189 e. The minimum Gasteiger partial charge on any atom is -0.361 e. The van der Waals surface area contributed by atoms with E-state index in [1.54, 1.807) is 12.3 Å². The zero-order chi connectivity index (χ0) is 9.26. The monoisotopic (exact) mass is 171 g/mol. The molecule has 0 spiro atoms. The van der Waals surface area contributed by atoms with Crippen molar-refractivity contribution in [3.63, 3.8) is 0 Å². The largest absolute Gasteiger partial charge is 0.361 e. The standard InChI is InChI=1S/C11H9NO/c1-2-8-4-3-5-9-11(8)10(13)6-7-12-9/h2-7H,1H2,(H,12,13). The molecule has 0 aliphatic carbocycles. The van der Waals surface area contributed by atoms with Gasteiger partial charge in [-0.3, -0.25) is 4.79 Å². The van der Waals surface area contributed by atoms with E-state index in [0.717, 1.165) is 11.1 Å². The van der Waals surface area contributed by atoms with E-state index in [4.69, 9.17) is 0 Å². The van der Waals surface area contributed by atoms with Crippen molar-refractivity contribution in [2.75, 3.05) is 0 Å². The van der Waals surface area contributed by atoms with E-state index >= 15 is 0 Å². The molecule has 1 N–H and O–H groups in total. The van der Waals surface area contributed by atoms with Gasteiger partial charge in [0.2, 0.25) is 0 Å². The molecule has 0 bridgehead atoms. The van der Waals surface area contributed by atoms with Crippen LogP contribution in [0.25, 0.3) is 17.0 Å². The van der Waals surface area contributed by atoms with Gasteiger partial charge in [0, 0.05) is 17.8 Å². The summed E-state index contributed by atoms with van der Waals surface area (Å²) in [5.41, 5.74) is 1.76. The van der Waals surface area contributed by atoms with Crippen molar-refractivity contribution in [2.24, 2.45) is 0 Å². The van der Waals surface area contributed by atoms with Gasteiger partial charge in [0.1, 0.15) is 0 Å². The molecule has 0 unspecified atom stereocenters. The van der Waals surface area contributed by atoms with Crippen LogP contribution in [0, 0.1) is 0 Å². The van der Waals surface area contributed by atoms with Crippen molar-refractivity contribution in [2.45, 2.75) is 0 Å². The van der Waals surface area contributed by atoms with Gasteiger partial charge >= 0.3 is 0 Å². The Morgan fingerprint density at radius 1 is 1.31 bits per heavy atom. The van der Waals surface area contributed by atoms with Crippen molar-refractivity contribution in [3.05, 3.63) is 52.8 Å². The molecule has 2 rings (SSSR count). The van der Waals surface area contributed by atoms with Crippen molar-refractivity contribution < 1.29 is 0 Å². The van der Waals surface area contributed by atoms with Crippen LogP contribution in [0.5, 0.6) is 0 Å².